The van der Waals surface area contributed by atoms with Crippen molar-refractivity contribution in [2.24, 2.45) is 5.84 Å². The molecular formula is C12H13F3N2O. The average Bonchev–Trinajstić information content (AvgIpc) is 2.38. The largest absolute Gasteiger partial charge is 0.496 e. The van der Waals surface area contributed by atoms with Crippen LogP contribution in [0.1, 0.15) is 24.4 Å². The van der Waals surface area contributed by atoms with Crippen molar-refractivity contribution in [3.05, 3.63) is 47.0 Å². The Balaban J connectivity index is 2.35. The second-order valence-electron chi connectivity index (χ2n) is 4.00. The summed E-state index contributed by atoms with van der Waals surface area (Å²) in [6.07, 6.45) is 3.49. The standard InChI is InChI=1S/C12H13F3N2O/c13-8-5-7(6-9(14)11(8)15)12(17-16)10-3-1-2-4-18-10/h3,5-6,12,17H,1-2,4,16H2. The van der Waals surface area contributed by atoms with Gasteiger partial charge in [0.25, 0.3) is 0 Å². The molecule has 0 saturated carbocycles. The van der Waals surface area contributed by atoms with Crippen LogP contribution in [0.5, 0.6) is 0 Å². The molecule has 1 atom stereocenters. The number of nitrogens with two attached hydrogens (primary N) is 1. The predicted molar refractivity (Wildman–Crippen MR) is 59.6 cm³/mol. The third-order valence-electron chi connectivity index (χ3n) is 2.75. The van der Waals surface area contributed by atoms with Crippen molar-refractivity contribution in [3.8, 4) is 0 Å². The highest BCUT2D eigenvalue weighted by Crippen LogP contribution is 2.27. The summed E-state index contributed by atoms with van der Waals surface area (Å²) in [5.74, 6) is 1.87. The van der Waals surface area contributed by atoms with E-state index in [0.717, 1.165) is 25.0 Å². The summed E-state index contributed by atoms with van der Waals surface area (Å²) < 4.78 is 44.6. The van der Waals surface area contributed by atoms with Crippen molar-refractivity contribution < 1.29 is 17.9 Å². The second-order valence-corrected chi connectivity index (χ2v) is 4.00. The van der Waals surface area contributed by atoms with Gasteiger partial charge in [0.05, 0.1) is 6.61 Å². The van der Waals surface area contributed by atoms with Crippen molar-refractivity contribution in [2.45, 2.75) is 18.9 Å². The molecule has 0 aliphatic carbocycles. The van der Waals surface area contributed by atoms with E-state index in [1.165, 1.54) is 0 Å². The molecular weight excluding hydrogens is 245 g/mol. The quantitative estimate of drug-likeness (QED) is 0.497. The van der Waals surface area contributed by atoms with Gasteiger partial charge < -0.3 is 4.74 Å². The van der Waals surface area contributed by atoms with Gasteiger partial charge in [-0.05, 0) is 36.6 Å². The van der Waals surface area contributed by atoms with Crippen LogP contribution in [-0.2, 0) is 4.74 Å². The van der Waals surface area contributed by atoms with Crippen molar-refractivity contribution in [1.29, 1.82) is 0 Å². The molecule has 0 amide bonds. The number of nitrogens with one attached hydrogen (secondary N) is 1. The molecule has 0 aromatic heterocycles. The molecule has 6 heteroatoms. The monoisotopic (exact) mass is 258 g/mol. The fourth-order valence-corrected chi connectivity index (χ4v) is 1.86. The third kappa shape index (κ3) is 2.49. The number of rotatable bonds is 3. The lowest BCUT2D eigenvalue weighted by Crippen LogP contribution is -2.31. The summed E-state index contributed by atoms with van der Waals surface area (Å²) in [6, 6.07) is 1.12. The fourth-order valence-electron chi connectivity index (χ4n) is 1.86. The Morgan fingerprint density at radius 1 is 1.22 bits per heavy atom. The molecule has 1 aromatic rings. The number of ether oxygens (including phenoxy) is 1. The van der Waals surface area contributed by atoms with Gasteiger partial charge in [-0.1, -0.05) is 0 Å². The van der Waals surface area contributed by atoms with Crippen LogP contribution in [0.15, 0.2) is 24.0 Å². The van der Waals surface area contributed by atoms with Gasteiger partial charge in [-0.25, -0.2) is 18.6 Å². The van der Waals surface area contributed by atoms with Gasteiger partial charge in [-0.3, -0.25) is 5.84 Å². The van der Waals surface area contributed by atoms with Gasteiger partial charge in [-0.15, -0.1) is 0 Å². The van der Waals surface area contributed by atoms with Crippen molar-refractivity contribution in [3.63, 3.8) is 0 Å². The van der Waals surface area contributed by atoms with Crippen LogP contribution < -0.4 is 11.3 Å². The van der Waals surface area contributed by atoms with E-state index >= 15 is 0 Å². The highest BCUT2D eigenvalue weighted by atomic mass is 19.2. The van der Waals surface area contributed by atoms with Gasteiger partial charge in [0.15, 0.2) is 17.5 Å². The van der Waals surface area contributed by atoms with Crippen LogP contribution in [0.3, 0.4) is 0 Å². The lowest BCUT2D eigenvalue weighted by Gasteiger charge is -2.23. The van der Waals surface area contributed by atoms with E-state index in [1.54, 1.807) is 6.08 Å². The van der Waals surface area contributed by atoms with Crippen LogP contribution >= 0.6 is 0 Å². The number of hydrazine groups is 1. The first-order valence-corrected chi connectivity index (χ1v) is 5.57. The van der Waals surface area contributed by atoms with E-state index in [-0.39, 0.29) is 5.56 Å². The highest BCUT2D eigenvalue weighted by molar-refractivity contribution is 5.28. The van der Waals surface area contributed by atoms with Crippen LogP contribution in [-0.4, -0.2) is 6.61 Å². The van der Waals surface area contributed by atoms with Gasteiger partial charge in [0.1, 0.15) is 11.8 Å². The molecule has 2 rings (SSSR count). The van der Waals surface area contributed by atoms with Crippen molar-refractivity contribution in [1.82, 2.24) is 5.43 Å². The summed E-state index contributed by atoms with van der Waals surface area (Å²) in [6.45, 7) is 0.524. The highest BCUT2D eigenvalue weighted by Gasteiger charge is 2.22. The fraction of sp³-hybridized carbons (Fsp3) is 0.333. The Hall–Kier alpha value is -1.53. The molecule has 0 fully saturated rings. The zero-order chi connectivity index (χ0) is 13.1. The third-order valence-corrected chi connectivity index (χ3v) is 2.75. The summed E-state index contributed by atoms with van der Waals surface area (Å²) in [5, 5.41) is 0. The SMILES string of the molecule is NNC(C1=CCCCO1)c1cc(F)c(F)c(F)c1. The summed E-state index contributed by atoms with van der Waals surface area (Å²) >= 11 is 0. The second kappa shape index (κ2) is 5.41. The first kappa shape index (κ1) is 12.9. The smallest absolute Gasteiger partial charge is 0.194 e. The molecule has 1 aromatic carbocycles. The Morgan fingerprint density at radius 3 is 2.39 bits per heavy atom. The molecule has 18 heavy (non-hydrogen) atoms. The zero-order valence-corrected chi connectivity index (χ0v) is 9.55. The van der Waals surface area contributed by atoms with Gasteiger partial charge in [-0.2, -0.15) is 0 Å². The first-order valence-electron chi connectivity index (χ1n) is 5.57. The summed E-state index contributed by atoms with van der Waals surface area (Å²) in [7, 11) is 0. The molecule has 3 N–H and O–H groups in total. The zero-order valence-electron chi connectivity index (χ0n) is 9.55. The maximum atomic E-state index is 13.2. The lowest BCUT2D eigenvalue weighted by atomic mass is 10.0. The van der Waals surface area contributed by atoms with Crippen molar-refractivity contribution >= 4 is 0 Å². The van der Waals surface area contributed by atoms with Crippen LogP contribution in [0.2, 0.25) is 0 Å². The molecule has 1 heterocycles. The van der Waals surface area contributed by atoms with E-state index in [0.29, 0.717) is 12.4 Å². The van der Waals surface area contributed by atoms with Crippen molar-refractivity contribution in [2.75, 3.05) is 6.61 Å². The molecule has 0 spiro atoms. The Kier molecular flexibility index (Phi) is 3.88. The average molecular weight is 258 g/mol. The minimum atomic E-state index is -1.49. The number of benzene rings is 1. The molecule has 0 radical (unpaired) electrons. The Labute approximate surface area is 102 Å². The summed E-state index contributed by atoms with van der Waals surface area (Å²) in [5.41, 5.74) is 2.60. The number of allylic oxidation sites excluding steroid dienone is 1. The van der Waals surface area contributed by atoms with Gasteiger partial charge in [0, 0.05) is 0 Å². The predicted octanol–water partition coefficient (Wildman–Crippen LogP) is 2.30. The van der Waals surface area contributed by atoms with Crippen LogP contribution in [0.4, 0.5) is 13.2 Å². The molecule has 0 bridgehead atoms. The Morgan fingerprint density at radius 2 is 1.89 bits per heavy atom. The minimum absolute atomic E-state index is 0.182. The van der Waals surface area contributed by atoms with E-state index in [2.05, 4.69) is 5.43 Å². The number of hydrogen-bond acceptors (Lipinski definition) is 3. The van der Waals surface area contributed by atoms with E-state index in [9.17, 15) is 13.2 Å². The normalized spacial score (nSPS) is 17.0. The first-order chi connectivity index (χ1) is 8.63. The maximum Gasteiger partial charge on any atom is 0.194 e. The molecule has 1 aliphatic heterocycles. The lowest BCUT2D eigenvalue weighted by molar-refractivity contribution is 0.167. The topological polar surface area (TPSA) is 47.3 Å². The molecule has 1 unspecified atom stereocenters. The van der Waals surface area contributed by atoms with E-state index in [1.807, 2.05) is 0 Å². The molecule has 0 saturated heterocycles. The Bertz CT molecular complexity index is 453. The van der Waals surface area contributed by atoms with E-state index < -0.39 is 23.5 Å². The van der Waals surface area contributed by atoms with Crippen LogP contribution in [0, 0.1) is 17.5 Å². The maximum absolute atomic E-state index is 13.2. The minimum Gasteiger partial charge on any atom is -0.496 e. The van der Waals surface area contributed by atoms with E-state index in [4.69, 9.17) is 10.6 Å². The molecule has 98 valence electrons. The van der Waals surface area contributed by atoms with Gasteiger partial charge >= 0.3 is 0 Å². The molecule has 1 aliphatic rings. The number of hydrogen-bond donors (Lipinski definition) is 2. The molecule has 3 nitrogen and oxygen atoms in total. The van der Waals surface area contributed by atoms with Gasteiger partial charge in [0.2, 0.25) is 0 Å². The van der Waals surface area contributed by atoms with Crippen LogP contribution in [0.25, 0.3) is 0 Å². The number of halogens is 3. The summed E-state index contributed by atoms with van der Waals surface area (Å²) in [4.78, 5) is 0.